The first-order chi connectivity index (χ1) is 15.2. The van der Waals surface area contributed by atoms with Gasteiger partial charge in [-0.05, 0) is 61.6 Å². The highest BCUT2D eigenvalue weighted by Crippen LogP contribution is 2.28. The van der Waals surface area contributed by atoms with Gasteiger partial charge in [-0.25, -0.2) is 9.37 Å². The Balaban J connectivity index is 1.22. The molecule has 1 aromatic carbocycles. The van der Waals surface area contributed by atoms with Gasteiger partial charge >= 0.3 is 0 Å². The van der Waals surface area contributed by atoms with E-state index >= 15 is 0 Å². The van der Waals surface area contributed by atoms with E-state index in [0.29, 0.717) is 12.1 Å². The maximum atomic E-state index is 13.8. The molecular formula is C25H37FN4O. The van der Waals surface area contributed by atoms with Crippen molar-refractivity contribution in [2.45, 2.75) is 63.5 Å². The van der Waals surface area contributed by atoms with Crippen LogP contribution in [0.1, 0.15) is 51.4 Å². The molecule has 1 saturated heterocycles. The zero-order chi connectivity index (χ0) is 21.5. The lowest BCUT2D eigenvalue weighted by molar-refractivity contribution is 0.206. The maximum absolute atomic E-state index is 13.8. The Morgan fingerprint density at radius 3 is 2.65 bits per heavy atom. The number of hydrogen-bond acceptors (Lipinski definition) is 5. The minimum absolute atomic E-state index is 0.210. The summed E-state index contributed by atoms with van der Waals surface area (Å²) in [5.41, 5.74) is 0. The van der Waals surface area contributed by atoms with E-state index < -0.39 is 0 Å². The van der Waals surface area contributed by atoms with Gasteiger partial charge in [0.25, 0.3) is 0 Å². The average Bonchev–Trinajstić information content (AvgIpc) is 2.81. The number of pyridine rings is 1. The number of halogens is 1. The summed E-state index contributed by atoms with van der Waals surface area (Å²) < 4.78 is 13.8. The number of benzene rings is 1. The molecule has 3 N–H and O–H groups in total. The minimum Gasteiger partial charge on any atom is -0.396 e. The summed E-state index contributed by atoms with van der Waals surface area (Å²) in [5, 5.41) is 18.8. The minimum atomic E-state index is -0.210. The number of nitrogens with zero attached hydrogens (tertiary/aromatic N) is 2. The van der Waals surface area contributed by atoms with E-state index in [1.165, 1.54) is 38.2 Å². The number of nitrogens with one attached hydrogen (secondary N) is 2. The van der Waals surface area contributed by atoms with Gasteiger partial charge in [0, 0.05) is 56.5 Å². The summed E-state index contributed by atoms with van der Waals surface area (Å²) in [6.07, 6.45) is 11.5. The van der Waals surface area contributed by atoms with Crippen molar-refractivity contribution < 1.29 is 9.50 Å². The van der Waals surface area contributed by atoms with Gasteiger partial charge in [-0.2, -0.15) is 0 Å². The molecule has 6 heteroatoms. The highest BCUT2D eigenvalue weighted by atomic mass is 19.1. The third-order valence-corrected chi connectivity index (χ3v) is 7.13. The summed E-state index contributed by atoms with van der Waals surface area (Å²) in [7, 11) is 0. The molecule has 1 saturated carbocycles. The summed E-state index contributed by atoms with van der Waals surface area (Å²) in [6, 6.07) is 7.84. The van der Waals surface area contributed by atoms with E-state index in [4.69, 9.17) is 0 Å². The van der Waals surface area contributed by atoms with Crippen LogP contribution in [0.2, 0.25) is 0 Å². The fourth-order valence-electron chi connectivity index (χ4n) is 5.39. The Morgan fingerprint density at radius 2 is 1.87 bits per heavy atom. The van der Waals surface area contributed by atoms with Gasteiger partial charge in [-0.1, -0.05) is 25.3 Å². The molecule has 1 aliphatic heterocycles. The Morgan fingerprint density at radius 1 is 1.06 bits per heavy atom. The molecule has 0 bridgehead atoms. The van der Waals surface area contributed by atoms with Crippen molar-refractivity contribution >= 4 is 16.6 Å². The first-order valence-electron chi connectivity index (χ1n) is 12.1. The van der Waals surface area contributed by atoms with Crippen molar-refractivity contribution in [1.29, 1.82) is 0 Å². The summed E-state index contributed by atoms with van der Waals surface area (Å²) in [6.45, 7) is 4.04. The first-order valence-corrected chi connectivity index (χ1v) is 12.1. The van der Waals surface area contributed by atoms with Crippen molar-refractivity contribution in [3.63, 3.8) is 0 Å². The highest BCUT2D eigenvalue weighted by Gasteiger charge is 2.24. The SMILES string of the molecule is OCCC(NCCNC1CCN(c2nccc3ccc(F)cc23)CC1)C1CCCCC1. The lowest BCUT2D eigenvalue weighted by Gasteiger charge is -2.34. The molecule has 2 fully saturated rings. The lowest BCUT2D eigenvalue weighted by Crippen LogP contribution is -2.46. The number of fused-ring (bicyclic) bond motifs is 1. The van der Waals surface area contributed by atoms with Crippen LogP contribution in [0.15, 0.2) is 30.5 Å². The number of piperidine rings is 1. The van der Waals surface area contributed by atoms with Crippen molar-refractivity contribution in [1.82, 2.24) is 15.6 Å². The fraction of sp³-hybridized carbons (Fsp3) is 0.640. The second-order valence-corrected chi connectivity index (χ2v) is 9.19. The van der Waals surface area contributed by atoms with E-state index in [1.807, 2.05) is 18.3 Å². The summed E-state index contributed by atoms with van der Waals surface area (Å²) in [4.78, 5) is 6.85. The molecule has 1 atom stereocenters. The standard InChI is InChI=1S/C25H37FN4O/c26-21-7-6-19-8-12-29-25(23(19)18-21)30-15-9-22(10-16-30)27-13-14-28-24(11-17-31)20-4-2-1-3-5-20/h6-8,12,18,20,22,24,27-28,31H,1-5,9-11,13-17H2. The van der Waals surface area contributed by atoms with Gasteiger partial charge < -0.3 is 20.6 Å². The van der Waals surface area contributed by atoms with Gasteiger partial charge in [0.05, 0.1) is 0 Å². The van der Waals surface area contributed by atoms with Crippen LogP contribution in [-0.2, 0) is 0 Å². The van der Waals surface area contributed by atoms with Crippen LogP contribution in [0.3, 0.4) is 0 Å². The highest BCUT2D eigenvalue weighted by molar-refractivity contribution is 5.92. The Labute approximate surface area is 185 Å². The van der Waals surface area contributed by atoms with Crippen molar-refractivity contribution in [3.8, 4) is 0 Å². The van der Waals surface area contributed by atoms with E-state index in [9.17, 15) is 9.50 Å². The van der Waals surface area contributed by atoms with Crippen molar-refractivity contribution in [2.24, 2.45) is 5.92 Å². The van der Waals surface area contributed by atoms with Gasteiger partial charge in [-0.15, -0.1) is 0 Å². The van der Waals surface area contributed by atoms with Crippen LogP contribution in [0, 0.1) is 11.7 Å². The van der Waals surface area contributed by atoms with Gasteiger partial charge in [0.15, 0.2) is 0 Å². The van der Waals surface area contributed by atoms with Crippen LogP contribution in [0.5, 0.6) is 0 Å². The van der Waals surface area contributed by atoms with E-state index in [-0.39, 0.29) is 12.4 Å². The molecule has 170 valence electrons. The Hall–Kier alpha value is -1.76. The molecule has 5 nitrogen and oxygen atoms in total. The largest absolute Gasteiger partial charge is 0.396 e. The van der Waals surface area contributed by atoms with Crippen LogP contribution in [0.4, 0.5) is 10.2 Å². The quantitative estimate of drug-likeness (QED) is 0.530. The number of aliphatic hydroxyl groups excluding tert-OH is 1. The molecular weight excluding hydrogens is 391 g/mol. The molecule has 0 spiro atoms. The molecule has 2 aromatic rings. The van der Waals surface area contributed by atoms with Crippen LogP contribution < -0.4 is 15.5 Å². The molecule has 2 aliphatic rings. The topological polar surface area (TPSA) is 60.4 Å². The molecule has 1 aromatic heterocycles. The van der Waals surface area contributed by atoms with Gasteiger partial charge in [-0.3, -0.25) is 0 Å². The second-order valence-electron chi connectivity index (χ2n) is 9.19. The van der Waals surface area contributed by atoms with E-state index in [1.54, 1.807) is 6.07 Å². The average molecular weight is 429 g/mol. The molecule has 0 amide bonds. The lowest BCUT2D eigenvalue weighted by atomic mass is 9.83. The second kappa shape index (κ2) is 11.2. The van der Waals surface area contributed by atoms with E-state index in [2.05, 4.69) is 20.5 Å². The molecule has 1 unspecified atom stereocenters. The Bertz CT molecular complexity index is 818. The van der Waals surface area contributed by atoms with Crippen LogP contribution >= 0.6 is 0 Å². The third kappa shape index (κ3) is 5.93. The normalized spacial score (nSPS) is 19.7. The predicted octanol–water partition coefficient (Wildman–Crippen LogP) is 3.85. The zero-order valence-corrected chi connectivity index (χ0v) is 18.5. The number of aromatic nitrogens is 1. The fourth-order valence-corrected chi connectivity index (χ4v) is 5.39. The summed E-state index contributed by atoms with van der Waals surface area (Å²) >= 11 is 0. The van der Waals surface area contributed by atoms with Gasteiger partial charge in [0.2, 0.25) is 0 Å². The number of hydrogen-bond donors (Lipinski definition) is 3. The molecule has 1 aliphatic carbocycles. The molecule has 31 heavy (non-hydrogen) atoms. The van der Waals surface area contributed by atoms with Crippen LogP contribution in [0.25, 0.3) is 10.8 Å². The number of anilines is 1. The van der Waals surface area contributed by atoms with Crippen molar-refractivity contribution in [3.05, 3.63) is 36.3 Å². The van der Waals surface area contributed by atoms with Crippen LogP contribution in [-0.4, -0.2) is 55.0 Å². The first kappa shape index (κ1) is 22.4. The molecule has 0 radical (unpaired) electrons. The smallest absolute Gasteiger partial charge is 0.136 e. The molecule has 2 heterocycles. The van der Waals surface area contributed by atoms with Gasteiger partial charge in [0.1, 0.15) is 11.6 Å². The maximum Gasteiger partial charge on any atom is 0.136 e. The number of rotatable bonds is 9. The Kier molecular flexibility index (Phi) is 8.11. The van der Waals surface area contributed by atoms with Crippen molar-refractivity contribution in [2.75, 3.05) is 37.7 Å². The molecule has 4 rings (SSSR count). The van der Waals surface area contributed by atoms with E-state index in [0.717, 1.165) is 67.9 Å². The predicted molar refractivity (Wildman–Crippen MR) is 125 cm³/mol. The monoisotopic (exact) mass is 428 g/mol. The third-order valence-electron chi connectivity index (χ3n) is 7.13. The number of aliphatic hydroxyl groups is 1. The zero-order valence-electron chi connectivity index (χ0n) is 18.5. The summed E-state index contributed by atoms with van der Waals surface area (Å²) in [5.74, 6) is 1.41.